The molecule has 0 saturated heterocycles. The lowest BCUT2D eigenvalue weighted by Gasteiger charge is -2.11. The predicted octanol–water partition coefficient (Wildman–Crippen LogP) is 2.14. The van der Waals surface area contributed by atoms with E-state index in [1.54, 1.807) is 4.98 Å². The maximum absolute atomic E-state index is 12.3. The Morgan fingerprint density at radius 2 is 1.88 bits per heavy atom. The highest BCUT2D eigenvalue weighted by atomic mass is 19.4. The molecule has 1 N–H and O–H groups in total. The first-order valence-electron chi connectivity index (χ1n) is 3.85. The maximum atomic E-state index is 12.3. The monoisotopic (exact) mass is 241 g/mol. The normalized spacial score (nSPS) is 11.9. The molecule has 0 amide bonds. The number of aromatic nitrogens is 1. The Kier molecular flexibility index (Phi) is 3.11. The van der Waals surface area contributed by atoms with E-state index in [1.165, 1.54) is 0 Å². The number of aldehydes is 1. The molecule has 88 valence electrons. The summed E-state index contributed by atoms with van der Waals surface area (Å²) in [5.41, 5.74) is -5.87. The zero-order valence-corrected chi connectivity index (χ0v) is 7.44. The molecular formula is C8H4F5NO2. The number of carbonyl (C=O) groups excluding carboxylic acids is 1. The van der Waals surface area contributed by atoms with Crippen LogP contribution in [0.2, 0.25) is 0 Å². The van der Waals surface area contributed by atoms with Gasteiger partial charge in [-0.05, 0) is 6.07 Å². The van der Waals surface area contributed by atoms with Crippen molar-refractivity contribution in [3.05, 3.63) is 33.2 Å². The molecule has 0 spiro atoms. The standard InChI is InChI=1S/C8H4F5NO2/c9-6(10)4-1-3(2-15)14-7(16)5(4)8(11,12)13/h1-2,6H,(H,14,16). The van der Waals surface area contributed by atoms with Crippen molar-refractivity contribution >= 4 is 6.29 Å². The van der Waals surface area contributed by atoms with Crippen molar-refractivity contribution in [1.82, 2.24) is 4.98 Å². The van der Waals surface area contributed by atoms with E-state index in [9.17, 15) is 31.5 Å². The van der Waals surface area contributed by atoms with E-state index in [2.05, 4.69) is 0 Å². The lowest BCUT2D eigenvalue weighted by atomic mass is 10.1. The van der Waals surface area contributed by atoms with Crippen LogP contribution in [0.15, 0.2) is 10.9 Å². The number of hydrogen-bond donors (Lipinski definition) is 1. The largest absolute Gasteiger partial charge is 0.422 e. The van der Waals surface area contributed by atoms with Gasteiger partial charge in [-0.3, -0.25) is 9.59 Å². The number of alkyl halides is 5. The lowest BCUT2D eigenvalue weighted by molar-refractivity contribution is -0.140. The summed E-state index contributed by atoms with van der Waals surface area (Å²) in [7, 11) is 0. The molecule has 0 saturated carbocycles. The molecule has 1 rings (SSSR count). The summed E-state index contributed by atoms with van der Waals surface area (Å²) in [4.78, 5) is 22.7. The van der Waals surface area contributed by atoms with Crippen LogP contribution in [0.4, 0.5) is 22.0 Å². The summed E-state index contributed by atoms with van der Waals surface area (Å²) >= 11 is 0. The average molecular weight is 241 g/mol. The Bertz CT molecular complexity index is 462. The Morgan fingerprint density at radius 3 is 2.25 bits per heavy atom. The van der Waals surface area contributed by atoms with Gasteiger partial charge in [0, 0.05) is 5.56 Å². The minimum atomic E-state index is -5.19. The van der Waals surface area contributed by atoms with E-state index in [0.29, 0.717) is 6.07 Å². The van der Waals surface area contributed by atoms with Crippen LogP contribution in [-0.4, -0.2) is 11.3 Å². The molecular weight excluding hydrogens is 237 g/mol. The smallest absolute Gasteiger partial charge is 0.319 e. The zero-order chi connectivity index (χ0) is 12.5. The topological polar surface area (TPSA) is 49.9 Å². The molecule has 1 aromatic heterocycles. The van der Waals surface area contributed by atoms with E-state index in [4.69, 9.17) is 0 Å². The van der Waals surface area contributed by atoms with Gasteiger partial charge in [0.1, 0.15) is 5.56 Å². The minimum Gasteiger partial charge on any atom is -0.319 e. The zero-order valence-electron chi connectivity index (χ0n) is 7.44. The van der Waals surface area contributed by atoms with Gasteiger partial charge in [0.15, 0.2) is 6.29 Å². The fraction of sp³-hybridized carbons (Fsp3) is 0.250. The fourth-order valence-electron chi connectivity index (χ4n) is 1.13. The molecule has 0 bridgehead atoms. The second-order valence-electron chi connectivity index (χ2n) is 2.80. The van der Waals surface area contributed by atoms with Gasteiger partial charge in [0.25, 0.3) is 12.0 Å². The second kappa shape index (κ2) is 4.03. The van der Waals surface area contributed by atoms with Gasteiger partial charge in [-0.2, -0.15) is 13.2 Å². The van der Waals surface area contributed by atoms with Gasteiger partial charge >= 0.3 is 6.18 Å². The molecule has 8 heteroatoms. The Morgan fingerprint density at radius 1 is 1.31 bits per heavy atom. The number of nitrogens with one attached hydrogen (secondary N) is 1. The van der Waals surface area contributed by atoms with Crippen LogP contribution in [0.25, 0.3) is 0 Å². The van der Waals surface area contributed by atoms with Crippen molar-refractivity contribution in [2.45, 2.75) is 12.6 Å². The highest BCUT2D eigenvalue weighted by Crippen LogP contribution is 2.33. The second-order valence-corrected chi connectivity index (χ2v) is 2.80. The number of H-pyrrole nitrogens is 1. The number of carbonyl (C=O) groups is 1. The third kappa shape index (κ3) is 2.26. The van der Waals surface area contributed by atoms with E-state index in [1.807, 2.05) is 0 Å². The Balaban J connectivity index is 3.59. The van der Waals surface area contributed by atoms with Crippen molar-refractivity contribution in [3.8, 4) is 0 Å². The number of aromatic amines is 1. The van der Waals surface area contributed by atoms with Crippen molar-refractivity contribution < 1.29 is 26.7 Å². The molecule has 3 nitrogen and oxygen atoms in total. The van der Waals surface area contributed by atoms with E-state index < -0.39 is 35.0 Å². The Labute approximate surface area is 84.9 Å². The van der Waals surface area contributed by atoms with Crippen LogP contribution in [0.3, 0.4) is 0 Å². The molecule has 1 aromatic rings. The van der Waals surface area contributed by atoms with E-state index in [-0.39, 0.29) is 6.29 Å². The van der Waals surface area contributed by atoms with E-state index in [0.717, 1.165) is 0 Å². The summed E-state index contributed by atoms with van der Waals surface area (Å²) < 4.78 is 61.4. The third-order valence-corrected chi connectivity index (χ3v) is 1.73. The minimum absolute atomic E-state index is 0.0204. The first-order chi connectivity index (χ1) is 7.27. The number of pyridine rings is 1. The quantitative estimate of drug-likeness (QED) is 0.637. The van der Waals surface area contributed by atoms with Crippen molar-refractivity contribution in [2.75, 3.05) is 0 Å². The summed E-state index contributed by atoms with van der Waals surface area (Å²) in [6.07, 6.45) is -8.70. The van der Waals surface area contributed by atoms with Gasteiger partial charge in [0.05, 0.1) is 5.69 Å². The molecule has 16 heavy (non-hydrogen) atoms. The predicted molar refractivity (Wildman–Crippen MR) is 42.4 cm³/mol. The van der Waals surface area contributed by atoms with Crippen LogP contribution in [0, 0.1) is 0 Å². The van der Waals surface area contributed by atoms with Crippen LogP contribution >= 0.6 is 0 Å². The molecule has 0 radical (unpaired) electrons. The molecule has 0 aliphatic rings. The van der Waals surface area contributed by atoms with Gasteiger partial charge < -0.3 is 4.98 Å². The number of hydrogen-bond acceptors (Lipinski definition) is 2. The number of rotatable bonds is 2. The van der Waals surface area contributed by atoms with Crippen LogP contribution in [0.1, 0.15) is 28.0 Å². The summed E-state index contributed by atoms with van der Waals surface area (Å²) in [6, 6.07) is 0.307. The summed E-state index contributed by atoms with van der Waals surface area (Å²) in [6.45, 7) is 0. The van der Waals surface area contributed by atoms with Crippen LogP contribution in [0.5, 0.6) is 0 Å². The number of halogens is 5. The average Bonchev–Trinajstić information content (AvgIpc) is 2.14. The molecule has 0 aliphatic carbocycles. The Hall–Kier alpha value is -1.73. The third-order valence-electron chi connectivity index (χ3n) is 1.73. The van der Waals surface area contributed by atoms with Crippen molar-refractivity contribution in [3.63, 3.8) is 0 Å². The summed E-state index contributed by atoms with van der Waals surface area (Å²) in [5.74, 6) is 0. The van der Waals surface area contributed by atoms with Gasteiger partial charge in [-0.1, -0.05) is 0 Å². The molecule has 0 fully saturated rings. The van der Waals surface area contributed by atoms with Gasteiger partial charge in [-0.15, -0.1) is 0 Å². The van der Waals surface area contributed by atoms with Gasteiger partial charge in [-0.25, -0.2) is 8.78 Å². The van der Waals surface area contributed by atoms with Crippen molar-refractivity contribution in [1.29, 1.82) is 0 Å². The fourth-order valence-corrected chi connectivity index (χ4v) is 1.13. The molecule has 0 atom stereocenters. The first-order valence-corrected chi connectivity index (χ1v) is 3.85. The first kappa shape index (κ1) is 12.3. The maximum Gasteiger partial charge on any atom is 0.422 e. The van der Waals surface area contributed by atoms with Crippen LogP contribution < -0.4 is 5.56 Å². The molecule has 0 aromatic carbocycles. The summed E-state index contributed by atoms with van der Waals surface area (Å²) in [5, 5.41) is 0. The SMILES string of the molecule is O=Cc1cc(C(F)F)c(C(F)(F)F)c(=O)[nH]1. The highest BCUT2D eigenvalue weighted by molar-refractivity contribution is 5.72. The van der Waals surface area contributed by atoms with Crippen LogP contribution in [-0.2, 0) is 6.18 Å². The van der Waals surface area contributed by atoms with Crippen molar-refractivity contribution in [2.24, 2.45) is 0 Å². The lowest BCUT2D eigenvalue weighted by Crippen LogP contribution is -2.25. The molecule has 1 heterocycles. The molecule has 0 aliphatic heterocycles. The van der Waals surface area contributed by atoms with E-state index >= 15 is 0 Å². The highest BCUT2D eigenvalue weighted by Gasteiger charge is 2.39. The molecule has 0 unspecified atom stereocenters. The van der Waals surface area contributed by atoms with Gasteiger partial charge in [0.2, 0.25) is 0 Å².